The summed E-state index contributed by atoms with van der Waals surface area (Å²) in [6, 6.07) is 9.34. The van der Waals surface area contributed by atoms with Crippen molar-refractivity contribution >= 4 is 11.6 Å². The number of likely N-dealkylation sites (tertiary alicyclic amines) is 1. The molecule has 0 aromatic heterocycles. The van der Waals surface area contributed by atoms with Crippen molar-refractivity contribution < 1.29 is 0 Å². The maximum Gasteiger partial charge on any atom is 0.0409 e. The maximum absolute atomic E-state index is 6.06. The molecule has 100 valence electrons. The monoisotopic (exact) mass is 266 g/mol. The van der Waals surface area contributed by atoms with Crippen molar-refractivity contribution in [1.29, 1.82) is 0 Å². The molecule has 0 saturated carbocycles. The third-order valence-corrected chi connectivity index (χ3v) is 4.02. The summed E-state index contributed by atoms with van der Waals surface area (Å²) in [7, 11) is 0. The molecule has 0 radical (unpaired) electrons. The summed E-state index contributed by atoms with van der Waals surface area (Å²) in [5, 5.41) is 4.44. The van der Waals surface area contributed by atoms with E-state index in [-0.39, 0.29) is 0 Å². The van der Waals surface area contributed by atoms with Gasteiger partial charge in [-0.15, -0.1) is 0 Å². The quantitative estimate of drug-likeness (QED) is 0.878. The van der Waals surface area contributed by atoms with Gasteiger partial charge >= 0.3 is 0 Å². The van der Waals surface area contributed by atoms with Gasteiger partial charge in [-0.2, -0.15) is 0 Å². The van der Waals surface area contributed by atoms with Crippen LogP contribution >= 0.6 is 11.6 Å². The van der Waals surface area contributed by atoms with Gasteiger partial charge in [0.15, 0.2) is 0 Å². The van der Waals surface area contributed by atoms with Crippen LogP contribution < -0.4 is 5.32 Å². The number of benzene rings is 1. The van der Waals surface area contributed by atoms with Crippen molar-refractivity contribution in [1.82, 2.24) is 10.2 Å². The van der Waals surface area contributed by atoms with Crippen molar-refractivity contribution in [2.24, 2.45) is 0 Å². The topological polar surface area (TPSA) is 15.3 Å². The van der Waals surface area contributed by atoms with Crippen molar-refractivity contribution in [3.05, 3.63) is 34.9 Å². The van der Waals surface area contributed by atoms with E-state index >= 15 is 0 Å². The fourth-order valence-electron chi connectivity index (χ4n) is 2.63. The van der Waals surface area contributed by atoms with Gasteiger partial charge in [-0.3, -0.25) is 4.90 Å². The molecule has 1 aliphatic rings. The third-order valence-electron chi connectivity index (χ3n) is 3.78. The van der Waals surface area contributed by atoms with Crippen LogP contribution in [0.4, 0.5) is 0 Å². The summed E-state index contributed by atoms with van der Waals surface area (Å²) in [6.45, 7) is 7.94. The molecule has 1 aromatic rings. The van der Waals surface area contributed by atoms with Crippen molar-refractivity contribution in [2.75, 3.05) is 19.6 Å². The summed E-state index contributed by atoms with van der Waals surface area (Å²) in [5.41, 5.74) is 1.32. The lowest BCUT2D eigenvalue weighted by atomic mass is 10.1. The van der Waals surface area contributed by atoms with Gasteiger partial charge in [-0.05, 0) is 44.0 Å². The SMILES string of the molecule is CCCNC1CCN(C(C)c2cccc(Cl)c2)C1. The Kier molecular flexibility index (Phi) is 5.04. The van der Waals surface area contributed by atoms with E-state index in [1.807, 2.05) is 12.1 Å². The largest absolute Gasteiger partial charge is 0.313 e. The molecule has 0 spiro atoms. The van der Waals surface area contributed by atoms with E-state index < -0.39 is 0 Å². The van der Waals surface area contributed by atoms with E-state index in [0.29, 0.717) is 12.1 Å². The first-order chi connectivity index (χ1) is 8.70. The van der Waals surface area contributed by atoms with Crippen molar-refractivity contribution in [3.63, 3.8) is 0 Å². The minimum atomic E-state index is 0.456. The molecule has 18 heavy (non-hydrogen) atoms. The number of rotatable bonds is 5. The van der Waals surface area contributed by atoms with Crippen molar-refractivity contribution in [2.45, 2.75) is 38.8 Å². The first-order valence-electron chi connectivity index (χ1n) is 6.93. The fourth-order valence-corrected chi connectivity index (χ4v) is 2.83. The van der Waals surface area contributed by atoms with E-state index in [0.717, 1.165) is 18.1 Å². The summed E-state index contributed by atoms with van der Waals surface area (Å²) in [5.74, 6) is 0. The molecule has 1 N–H and O–H groups in total. The van der Waals surface area contributed by atoms with Crippen LogP contribution in [0.2, 0.25) is 5.02 Å². The zero-order valence-electron chi connectivity index (χ0n) is 11.3. The summed E-state index contributed by atoms with van der Waals surface area (Å²) in [4.78, 5) is 2.54. The molecular formula is C15H23ClN2. The fraction of sp³-hybridized carbons (Fsp3) is 0.600. The predicted molar refractivity (Wildman–Crippen MR) is 78.1 cm³/mol. The smallest absolute Gasteiger partial charge is 0.0409 e. The summed E-state index contributed by atoms with van der Waals surface area (Å²) >= 11 is 6.06. The minimum Gasteiger partial charge on any atom is -0.313 e. The van der Waals surface area contributed by atoms with E-state index in [9.17, 15) is 0 Å². The van der Waals surface area contributed by atoms with Crippen molar-refractivity contribution in [3.8, 4) is 0 Å². The lowest BCUT2D eigenvalue weighted by Crippen LogP contribution is -2.33. The third kappa shape index (κ3) is 3.47. The Morgan fingerprint density at radius 1 is 1.50 bits per heavy atom. The van der Waals surface area contributed by atoms with Crippen LogP contribution in [0.1, 0.15) is 38.3 Å². The molecule has 0 bridgehead atoms. The zero-order chi connectivity index (χ0) is 13.0. The van der Waals surface area contributed by atoms with Crippen LogP contribution in [-0.4, -0.2) is 30.6 Å². The van der Waals surface area contributed by atoms with Gasteiger partial charge in [0.05, 0.1) is 0 Å². The molecule has 2 nitrogen and oxygen atoms in total. The Bertz CT molecular complexity index is 381. The van der Waals surface area contributed by atoms with E-state index in [2.05, 4.69) is 36.2 Å². The van der Waals surface area contributed by atoms with Gasteiger partial charge in [0.25, 0.3) is 0 Å². The normalized spacial score (nSPS) is 22.3. The Balaban J connectivity index is 1.92. The van der Waals surface area contributed by atoms with E-state index in [1.54, 1.807) is 0 Å². The first-order valence-corrected chi connectivity index (χ1v) is 7.31. The highest BCUT2D eigenvalue weighted by Crippen LogP contribution is 2.26. The Labute approximate surface area is 115 Å². The van der Waals surface area contributed by atoms with Crippen LogP contribution in [0.25, 0.3) is 0 Å². The lowest BCUT2D eigenvalue weighted by molar-refractivity contribution is 0.256. The van der Waals surface area contributed by atoms with Gasteiger partial charge in [0.1, 0.15) is 0 Å². The van der Waals surface area contributed by atoms with Gasteiger partial charge in [-0.1, -0.05) is 30.7 Å². The molecule has 0 aliphatic carbocycles. The average molecular weight is 267 g/mol. The number of hydrogen-bond acceptors (Lipinski definition) is 2. The molecule has 1 aromatic carbocycles. The first kappa shape index (κ1) is 13.9. The summed E-state index contributed by atoms with van der Waals surface area (Å²) < 4.78 is 0. The second-order valence-electron chi connectivity index (χ2n) is 5.17. The highest BCUT2D eigenvalue weighted by atomic mass is 35.5. The molecular weight excluding hydrogens is 244 g/mol. The second kappa shape index (κ2) is 6.55. The Morgan fingerprint density at radius 2 is 2.33 bits per heavy atom. The molecule has 1 heterocycles. The highest BCUT2D eigenvalue weighted by Gasteiger charge is 2.26. The number of hydrogen-bond donors (Lipinski definition) is 1. The van der Waals surface area contributed by atoms with E-state index in [4.69, 9.17) is 11.6 Å². The molecule has 3 heteroatoms. The van der Waals surface area contributed by atoms with Crippen LogP contribution in [0.3, 0.4) is 0 Å². The van der Waals surface area contributed by atoms with Gasteiger partial charge in [0, 0.05) is 30.2 Å². The van der Waals surface area contributed by atoms with E-state index in [1.165, 1.54) is 24.9 Å². The lowest BCUT2D eigenvalue weighted by Gasteiger charge is -2.25. The Hall–Kier alpha value is -0.570. The van der Waals surface area contributed by atoms with Crippen LogP contribution in [-0.2, 0) is 0 Å². The Morgan fingerprint density at radius 3 is 3.06 bits per heavy atom. The van der Waals surface area contributed by atoms with Gasteiger partial charge in [-0.25, -0.2) is 0 Å². The molecule has 1 fully saturated rings. The molecule has 2 unspecified atom stereocenters. The number of nitrogens with one attached hydrogen (secondary N) is 1. The molecule has 2 atom stereocenters. The van der Waals surface area contributed by atoms with Gasteiger partial charge < -0.3 is 5.32 Å². The zero-order valence-corrected chi connectivity index (χ0v) is 12.1. The van der Waals surface area contributed by atoms with Crippen LogP contribution in [0.5, 0.6) is 0 Å². The molecule has 1 aliphatic heterocycles. The summed E-state index contributed by atoms with van der Waals surface area (Å²) in [6.07, 6.45) is 2.46. The molecule has 0 amide bonds. The minimum absolute atomic E-state index is 0.456. The molecule has 1 saturated heterocycles. The number of halogens is 1. The van der Waals surface area contributed by atoms with Gasteiger partial charge in [0.2, 0.25) is 0 Å². The second-order valence-corrected chi connectivity index (χ2v) is 5.60. The average Bonchev–Trinajstić information content (AvgIpc) is 2.84. The highest BCUT2D eigenvalue weighted by molar-refractivity contribution is 6.30. The maximum atomic E-state index is 6.06. The predicted octanol–water partition coefficient (Wildman–Crippen LogP) is 3.47. The van der Waals surface area contributed by atoms with Crippen LogP contribution in [0, 0.1) is 0 Å². The van der Waals surface area contributed by atoms with Crippen LogP contribution in [0.15, 0.2) is 24.3 Å². The standard InChI is InChI=1S/C15H23ClN2/c1-3-8-17-15-7-9-18(11-15)12(2)13-5-4-6-14(16)10-13/h4-6,10,12,15,17H,3,7-9,11H2,1-2H3. The number of nitrogens with zero attached hydrogens (tertiary/aromatic N) is 1. The molecule has 2 rings (SSSR count).